The molecule has 1 aliphatic heterocycles. The van der Waals surface area contributed by atoms with Crippen molar-refractivity contribution in [3.05, 3.63) is 70.2 Å². The maximum atomic E-state index is 10.9. The molecule has 0 bridgehead atoms. The van der Waals surface area contributed by atoms with E-state index >= 15 is 0 Å². The molecule has 0 radical (unpaired) electrons. The normalized spacial score (nSPS) is 17.5. The van der Waals surface area contributed by atoms with E-state index in [0.29, 0.717) is 0 Å². The van der Waals surface area contributed by atoms with Crippen molar-refractivity contribution in [2.45, 2.75) is 6.04 Å². The quantitative estimate of drug-likeness (QED) is 0.853. The lowest BCUT2D eigenvalue weighted by molar-refractivity contribution is -0.138. The minimum atomic E-state index is -0.755. The minimum absolute atomic E-state index is 0.126. The fourth-order valence-electron chi connectivity index (χ4n) is 3.30. The van der Waals surface area contributed by atoms with E-state index in [-0.39, 0.29) is 12.6 Å². The molecule has 1 saturated heterocycles. The summed E-state index contributed by atoms with van der Waals surface area (Å²) in [6.45, 7) is 3.41. The standard InChI is InChI=1S/C19H21BrN2O2/c20-17-8-4-7-16(13-17)19(15-5-2-1-3-6-15)22-11-9-21(10-12-22)14-18(23)24/h1-8,13,19H,9-12,14H2,(H,23,24)/t19-/m0/s1. The summed E-state index contributed by atoms with van der Waals surface area (Å²) < 4.78 is 1.07. The average Bonchev–Trinajstić information content (AvgIpc) is 2.57. The Balaban J connectivity index is 1.83. The number of aliphatic carboxylic acids is 1. The van der Waals surface area contributed by atoms with Gasteiger partial charge in [-0.2, -0.15) is 0 Å². The molecule has 1 N–H and O–H groups in total. The van der Waals surface area contributed by atoms with Crippen LogP contribution < -0.4 is 0 Å². The molecule has 24 heavy (non-hydrogen) atoms. The third kappa shape index (κ3) is 4.23. The number of nitrogens with zero attached hydrogens (tertiary/aromatic N) is 2. The lowest BCUT2D eigenvalue weighted by Gasteiger charge is -2.39. The van der Waals surface area contributed by atoms with Gasteiger partial charge in [0.05, 0.1) is 12.6 Å². The molecule has 1 heterocycles. The molecule has 0 saturated carbocycles. The van der Waals surface area contributed by atoms with Crippen LogP contribution in [0.2, 0.25) is 0 Å². The summed E-state index contributed by atoms with van der Waals surface area (Å²) in [6, 6.07) is 19.1. The number of halogens is 1. The van der Waals surface area contributed by atoms with Crippen molar-refractivity contribution < 1.29 is 9.90 Å². The monoisotopic (exact) mass is 388 g/mol. The van der Waals surface area contributed by atoms with Gasteiger partial charge in [0.1, 0.15) is 0 Å². The zero-order valence-corrected chi connectivity index (χ0v) is 15.0. The van der Waals surface area contributed by atoms with Crippen molar-refractivity contribution in [2.24, 2.45) is 0 Å². The molecule has 4 nitrogen and oxygen atoms in total. The smallest absolute Gasteiger partial charge is 0.317 e. The predicted molar refractivity (Wildman–Crippen MR) is 98.1 cm³/mol. The second-order valence-corrected chi connectivity index (χ2v) is 6.99. The molecule has 1 atom stereocenters. The Bertz CT molecular complexity index is 685. The second kappa shape index (κ2) is 7.92. The van der Waals surface area contributed by atoms with Crippen molar-refractivity contribution in [1.82, 2.24) is 9.80 Å². The molecule has 0 aromatic heterocycles. The summed E-state index contributed by atoms with van der Waals surface area (Å²) in [5.74, 6) is -0.755. The first-order valence-corrected chi connectivity index (χ1v) is 8.91. The molecule has 0 aliphatic carbocycles. The number of rotatable bonds is 5. The van der Waals surface area contributed by atoms with E-state index in [2.05, 4.69) is 63.3 Å². The van der Waals surface area contributed by atoms with Crippen LogP contribution in [0.25, 0.3) is 0 Å². The first-order chi connectivity index (χ1) is 11.6. The van der Waals surface area contributed by atoms with Gasteiger partial charge in [0, 0.05) is 30.7 Å². The maximum absolute atomic E-state index is 10.9. The van der Waals surface area contributed by atoms with E-state index in [4.69, 9.17) is 5.11 Å². The van der Waals surface area contributed by atoms with Gasteiger partial charge in [-0.1, -0.05) is 58.4 Å². The van der Waals surface area contributed by atoms with Crippen LogP contribution in [0.3, 0.4) is 0 Å². The highest BCUT2D eigenvalue weighted by Gasteiger charge is 2.27. The van der Waals surface area contributed by atoms with Gasteiger partial charge in [-0.3, -0.25) is 14.6 Å². The summed E-state index contributed by atoms with van der Waals surface area (Å²) in [7, 11) is 0. The van der Waals surface area contributed by atoms with Gasteiger partial charge < -0.3 is 5.11 Å². The van der Waals surface area contributed by atoms with E-state index in [1.807, 2.05) is 17.0 Å². The van der Waals surface area contributed by atoms with Crippen molar-refractivity contribution in [3.8, 4) is 0 Å². The second-order valence-electron chi connectivity index (χ2n) is 6.07. The van der Waals surface area contributed by atoms with Gasteiger partial charge in [-0.15, -0.1) is 0 Å². The van der Waals surface area contributed by atoms with E-state index in [0.717, 1.165) is 30.7 Å². The van der Waals surface area contributed by atoms with Gasteiger partial charge >= 0.3 is 5.97 Å². The van der Waals surface area contributed by atoms with Crippen LogP contribution >= 0.6 is 15.9 Å². The molecular formula is C19H21BrN2O2. The summed E-state index contributed by atoms with van der Waals surface area (Å²) >= 11 is 3.57. The van der Waals surface area contributed by atoms with Crippen molar-refractivity contribution in [2.75, 3.05) is 32.7 Å². The largest absolute Gasteiger partial charge is 0.480 e. The molecule has 1 fully saturated rings. The van der Waals surface area contributed by atoms with Crippen LogP contribution in [0.5, 0.6) is 0 Å². The van der Waals surface area contributed by atoms with Gasteiger partial charge in [0.2, 0.25) is 0 Å². The van der Waals surface area contributed by atoms with Crippen LogP contribution in [0, 0.1) is 0 Å². The number of piperazine rings is 1. The van der Waals surface area contributed by atoms with E-state index in [1.165, 1.54) is 11.1 Å². The van der Waals surface area contributed by atoms with Crippen molar-refractivity contribution in [1.29, 1.82) is 0 Å². The lowest BCUT2D eigenvalue weighted by atomic mass is 9.96. The van der Waals surface area contributed by atoms with Crippen LogP contribution in [0.15, 0.2) is 59.1 Å². The maximum Gasteiger partial charge on any atom is 0.317 e. The Morgan fingerprint density at radius 3 is 2.29 bits per heavy atom. The Morgan fingerprint density at radius 1 is 1.00 bits per heavy atom. The molecule has 0 spiro atoms. The molecule has 126 valence electrons. The van der Waals surface area contributed by atoms with Gasteiger partial charge in [-0.25, -0.2) is 0 Å². The number of hydrogen-bond acceptors (Lipinski definition) is 3. The first kappa shape index (κ1) is 17.1. The zero-order valence-electron chi connectivity index (χ0n) is 13.4. The molecule has 5 heteroatoms. The highest BCUT2D eigenvalue weighted by atomic mass is 79.9. The van der Waals surface area contributed by atoms with E-state index < -0.39 is 5.97 Å². The number of carboxylic acid groups (broad SMARTS) is 1. The summed E-state index contributed by atoms with van der Waals surface area (Å²) in [6.07, 6.45) is 0. The summed E-state index contributed by atoms with van der Waals surface area (Å²) in [5.41, 5.74) is 2.52. The first-order valence-electron chi connectivity index (χ1n) is 8.12. The van der Waals surface area contributed by atoms with Gasteiger partial charge in [0.15, 0.2) is 0 Å². The Hall–Kier alpha value is -1.69. The van der Waals surface area contributed by atoms with E-state index in [9.17, 15) is 4.79 Å². The summed E-state index contributed by atoms with van der Waals surface area (Å²) in [4.78, 5) is 15.3. The fourth-order valence-corrected chi connectivity index (χ4v) is 3.71. The van der Waals surface area contributed by atoms with Crippen molar-refractivity contribution in [3.63, 3.8) is 0 Å². The molecule has 0 amide bonds. The average molecular weight is 389 g/mol. The van der Waals surface area contributed by atoms with Gasteiger partial charge in [-0.05, 0) is 23.3 Å². The number of hydrogen-bond donors (Lipinski definition) is 1. The fraction of sp³-hybridized carbons (Fsp3) is 0.316. The molecular weight excluding hydrogens is 368 g/mol. The third-order valence-corrected chi connectivity index (χ3v) is 4.90. The van der Waals surface area contributed by atoms with Crippen LogP contribution in [0.1, 0.15) is 17.2 Å². The Labute approximate surface area is 150 Å². The Morgan fingerprint density at radius 2 is 1.67 bits per heavy atom. The zero-order chi connectivity index (χ0) is 16.9. The molecule has 3 rings (SSSR count). The number of carboxylic acids is 1. The van der Waals surface area contributed by atoms with Gasteiger partial charge in [0.25, 0.3) is 0 Å². The van der Waals surface area contributed by atoms with Crippen LogP contribution in [-0.2, 0) is 4.79 Å². The predicted octanol–water partition coefficient (Wildman–Crippen LogP) is 3.24. The minimum Gasteiger partial charge on any atom is -0.480 e. The lowest BCUT2D eigenvalue weighted by Crippen LogP contribution is -2.49. The molecule has 1 aliphatic rings. The third-order valence-electron chi connectivity index (χ3n) is 4.41. The highest BCUT2D eigenvalue weighted by molar-refractivity contribution is 9.10. The molecule has 2 aromatic rings. The number of carbonyl (C=O) groups is 1. The SMILES string of the molecule is O=C(O)CN1CCN([C@@H](c2ccccc2)c2cccc(Br)c2)CC1. The van der Waals surface area contributed by atoms with Crippen LogP contribution in [-0.4, -0.2) is 53.6 Å². The summed E-state index contributed by atoms with van der Waals surface area (Å²) in [5, 5.41) is 8.97. The molecule has 0 unspecified atom stereocenters. The Kier molecular flexibility index (Phi) is 5.66. The van der Waals surface area contributed by atoms with Crippen molar-refractivity contribution >= 4 is 21.9 Å². The van der Waals surface area contributed by atoms with E-state index in [1.54, 1.807) is 0 Å². The molecule has 2 aromatic carbocycles. The number of benzene rings is 2. The van der Waals surface area contributed by atoms with Crippen LogP contribution in [0.4, 0.5) is 0 Å². The topological polar surface area (TPSA) is 43.8 Å². The highest BCUT2D eigenvalue weighted by Crippen LogP contribution is 2.30.